The molecule has 0 unspecified atom stereocenters. The molecule has 0 bridgehead atoms. The maximum atomic E-state index is 5.64. The van der Waals surface area contributed by atoms with Crippen molar-refractivity contribution in [1.82, 2.24) is 10.2 Å². The fourth-order valence-electron chi connectivity index (χ4n) is 1.97. The van der Waals surface area contributed by atoms with Crippen LogP contribution in [-0.4, -0.2) is 51.6 Å². The van der Waals surface area contributed by atoms with Crippen molar-refractivity contribution >= 4 is 11.8 Å². The first-order valence-electron chi connectivity index (χ1n) is 6.52. The Kier molecular flexibility index (Phi) is 5.36. The van der Waals surface area contributed by atoms with Gasteiger partial charge in [0, 0.05) is 24.5 Å². The van der Waals surface area contributed by atoms with Gasteiger partial charge in [-0.05, 0) is 38.0 Å². The van der Waals surface area contributed by atoms with Crippen molar-refractivity contribution in [2.24, 2.45) is 0 Å². The first-order chi connectivity index (χ1) is 9.20. The van der Waals surface area contributed by atoms with Crippen LogP contribution in [0.3, 0.4) is 0 Å². The molecule has 1 aromatic rings. The highest BCUT2D eigenvalue weighted by molar-refractivity contribution is 7.98. The summed E-state index contributed by atoms with van der Waals surface area (Å²) in [5.74, 6) is 1.74. The Bertz CT molecular complexity index is 424. The summed E-state index contributed by atoms with van der Waals surface area (Å²) in [7, 11) is 4.16. The van der Waals surface area contributed by atoms with Crippen molar-refractivity contribution in [2.45, 2.75) is 11.4 Å². The summed E-state index contributed by atoms with van der Waals surface area (Å²) < 4.78 is 11.3. The molecule has 0 amide bonds. The standard InChI is InChI=1S/C14H22N2O2S/c1-16(2)5-4-15-10-11-8-12-13(9-14(11)19-3)18-7-6-17-12/h8-9,15H,4-7,10H2,1-3H3. The van der Waals surface area contributed by atoms with Crippen LogP contribution in [0.2, 0.25) is 0 Å². The molecule has 0 fully saturated rings. The van der Waals surface area contributed by atoms with E-state index in [2.05, 4.69) is 42.7 Å². The minimum absolute atomic E-state index is 0.638. The van der Waals surface area contributed by atoms with E-state index in [9.17, 15) is 0 Å². The first kappa shape index (κ1) is 14.5. The number of fused-ring (bicyclic) bond motifs is 1. The average molecular weight is 282 g/mol. The van der Waals surface area contributed by atoms with Crippen LogP contribution in [0.1, 0.15) is 5.56 Å². The highest BCUT2D eigenvalue weighted by Gasteiger charge is 2.15. The fraction of sp³-hybridized carbons (Fsp3) is 0.571. The van der Waals surface area contributed by atoms with Crippen molar-refractivity contribution in [3.63, 3.8) is 0 Å². The second-order valence-corrected chi connectivity index (χ2v) is 5.64. The second kappa shape index (κ2) is 7.03. The Morgan fingerprint density at radius 2 is 1.89 bits per heavy atom. The van der Waals surface area contributed by atoms with Gasteiger partial charge in [-0.15, -0.1) is 11.8 Å². The van der Waals surface area contributed by atoms with Crippen LogP contribution < -0.4 is 14.8 Å². The van der Waals surface area contributed by atoms with Gasteiger partial charge in [0.1, 0.15) is 13.2 Å². The van der Waals surface area contributed by atoms with Crippen molar-refractivity contribution in [1.29, 1.82) is 0 Å². The Labute approximate surface area is 119 Å². The van der Waals surface area contributed by atoms with Crippen molar-refractivity contribution in [2.75, 3.05) is 46.7 Å². The average Bonchev–Trinajstić information content (AvgIpc) is 2.42. The summed E-state index contributed by atoms with van der Waals surface area (Å²) in [5.41, 5.74) is 1.27. The van der Waals surface area contributed by atoms with Gasteiger partial charge in [-0.3, -0.25) is 0 Å². The van der Waals surface area contributed by atoms with Crippen LogP contribution in [-0.2, 0) is 6.54 Å². The minimum Gasteiger partial charge on any atom is -0.486 e. The Hall–Kier alpha value is -0.910. The van der Waals surface area contributed by atoms with Crippen LogP contribution in [0.5, 0.6) is 11.5 Å². The molecule has 4 nitrogen and oxygen atoms in total. The molecule has 1 aliphatic heterocycles. The summed E-state index contributed by atoms with van der Waals surface area (Å²) in [5, 5.41) is 3.46. The zero-order valence-electron chi connectivity index (χ0n) is 11.9. The third-order valence-corrected chi connectivity index (χ3v) is 3.82. The number of nitrogens with zero attached hydrogens (tertiary/aromatic N) is 1. The van der Waals surface area contributed by atoms with Crippen LogP contribution >= 0.6 is 11.8 Å². The number of ether oxygens (including phenoxy) is 2. The molecule has 0 spiro atoms. The molecule has 2 rings (SSSR count). The van der Waals surface area contributed by atoms with E-state index >= 15 is 0 Å². The smallest absolute Gasteiger partial charge is 0.162 e. The zero-order chi connectivity index (χ0) is 13.7. The van der Waals surface area contributed by atoms with E-state index in [-0.39, 0.29) is 0 Å². The summed E-state index contributed by atoms with van der Waals surface area (Å²) in [6, 6.07) is 4.19. The van der Waals surface area contributed by atoms with Crippen molar-refractivity contribution in [3.05, 3.63) is 17.7 Å². The molecule has 0 atom stereocenters. The molecule has 0 aromatic heterocycles. The predicted molar refractivity (Wildman–Crippen MR) is 79.5 cm³/mol. The monoisotopic (exact) mass is 282 g/mol. The van der Waals surface area contributed by atoms with Gasteiger partial charge in [0.2, 0.25) is 0 Å². The molecule has 0 radical (unpaired) electrons. The zero-order valence-corrected chi connectivity index (χ0v) is 12.7. The van der Waals surface area contributed by atoms with Gasteiger partial charge in [-0.25, -0.2) is 0 Å². The summed E-state index contributed by atoms with van der Waals surface area (Å²) in [6.07, 6.45) is 2.09. The lowest BCUT2D eigenvalue weighted by Gasteiger charge is -2.21. The van der Waals surface area contributed by atoms with E-state index in [0.717, 1.165) is 31.1 Å². The molecule has 1 aromatic carbocycles. The van der Waals surface area contributed by atoms with Crippen LogP contribution in [0.15, 0.2) is 17.0 Å². The minimum atomic E-state index is 0.638. The van der Waals surface area contributed by atoms with Gasteiger partial charge in [-0.2, -0.15) is 0 Å². The van der Waals surface area contributed by atoms with Gasteiger partial charge in [0.25, 0.3) is 0 Å². The van der Waals surface area contributed by atoms with E-state index in [0.29, 0.717) is 13.2 Å². The molecular formula is C14H22N2O2S. The molecule has 0 saturated carbocycles. The van der Waals surface area contributed by atoms with Crippen LogP contribution in [0.4, 0.5) is 0 Å². The van der Waals surface area contributed by atoms with E-state index in [1.165, 1.54) is 10.5 Å². The molecular weight excluding hydrogens is 260 g/mol. The Morgan fingerprint density at radius 1 is 1.21 bits per heavy atom. The Balaban J connectivity index is 2.02. The van der Waals surface area contributed by atoms with Gasteiger partial charge >= 0.3 is 0 Å². The lowest BCUT2D eigenvalue weighted by molar-refractivity contribution is 0.171. The van der Waals surface area contributed by atoms with Crippen LogP contribution in [0, 0.1) is 0 Å². The number of thioether (sulfide) groups is 1. The largest absolute Gasteiger partial charge is 0.486 e. The van der Waals surface area contributed by atoms with E-state index in [1.54, 1.807) is 11.8 Å². The van der Waals surface area contributed by atoms with E-state index in [1.807, 2.05) is 0 Å². The number of hydrogen-bond donors (Lipinski definition) is 1. The number of benzene rings is 1. The Morgan fingerprint density at radius 3 is 2.53 bits per heavy atom. The van der Waals surface area contributed by atoms with Crippen LogP contribution in [0.25, 0.3) is 0 Å². The summed E-state index contributed by atoms with van der Waals surface area (Å²) in [4.78, 5) is 3.42. The maximum Gasteiger partial charge on any atom is 0.162 e. The highest BCUT2D eigenvalue weighted by atomic mass is 32.2. The SMILES string of the molecule is CSc1cc2c(cc1CNCCN(C)C)OCCO2. The summed E-state index contributed by atoms with van der Waals surface area (Å²) >= 11 is 1.75. The number of hydrogen-bond acceptors (Lipinski definition) is 5. The number of likely N-dealkylation sites (N-methyl/N-ethyl adjacent to an activating group) is 1. The van der Waals surface area contributed by atoms with Crippen molar-refractivity contribution < 1.29 is 9.47 Å². The van der Waals surface area contributed by atoms with Gasteiger partial charge in [0.15, 0.2) is 11.5 Å². The van der Waals surface area contributed by atoms with E-state index < -0.39 is 0 Å². The van der Waals surface area contributed by atoms with Gasteiger partial charge < -0.3 is 19.7 Å². The van der Waals surface area contributed by atoms with Gasteiger partial charge in [0.05, 0.1) is 0 Å². The first-order valence-corrected chi connectivity index (χ1v) is 7.75. The molecule has 1 aliphatic rings. The molecule has 1 heterocycles. The highest BCUT2D eigenvalue weighted by Crippen LogP contribution is 2.36. The molecule has 0 saturated heterocycles. The molecule has 5 heteroatoms. The third kappa shape index (κ3) is 4.03. The number of nitrogens with one attached hydrogen (secondary N) is 1. The van der Waals surface area contributed by atoms with E-state index in [4.69, 9.17) is 9.47 Å². The molecule has 106 valence electrons. The molecule has 1 N–H and O–H groups in total. The topological polar surface area (TPSA) is 33.7 Å². The van der Waals surface area contributed by atoms with Crippen molar-refractivity contribution in [3.8, 4) is 11.5 Å². The molecule has 0 aliphatic carbocycles. The molecule has 19 heavy (non-hydrogen) atoms. The third-order valence-electron chi connectivity index (χ3n) is 3.00. The summed E-state index contributed by atoms with van der Waals surface area (Å²) in [6.45, 7) is 4.16. The number of rotatable bonds is 6. The quantitative estimate of drug-likeness (QED) is 0.636. The van der Waals surface area contributed by atoms with Gasteiger partial charge in [-0.1, -0.05) is 0 Å². The fourth-order valence-corrected chi connectivity index (χ4v) is 2.58. The predicted octanol–water partition coefficient (Wildman–Crippen LogP) is 1.83. The normalized spacial score (nSPS) is 13.9. The lowest BCUT2D eigenvalue weighted by atomic mass is 10.2. The lowest BCUT2D eigenvalue weighted by Crippen LogP contribution is -2.26. The maximum absolute atomic E-state index is 5.64. The second-order valence-electron chi connectivity index (χ2n) is 4.79.